The molecule has 4 aliphatic rings. The van der Waals surface area contributed by atoms with E-state index in [4.69, 9.17) is 5.73 Å². The highest BCUT2D eigenvalue weighted by Crippen LogP contribution is 2.62. The van der Waals surface area contributed by atoms with Gasteiger partial charge in [-0.2, -0.15) is 0 Å². The molecule has 21 heavy (non-hydrogen) atoms. The minimum atomic E-state index is -0.693. The number of amides is 3. The SMILES string of the molecule is CC(NC(=O)CNC(N)=O)C12CC3CC(CC(O)(C3)C1)C2. The highest BCUT2D eigenvalue weighted by Gasteiger charge is 2.58. The molecule has 4 bridgehead atoms. The minimum absolute atomic E-state index is 0.0112. The van der Waals surface area contributed by atoms with Crippen LogP contribution in [0.3, 0.4) is 0 Å². The van der Waals surface area contributed by atoms with E-state index in [1.165, 1.54) is 6.42 Å². The smallest absolute Gasteiger partial charge is 0.312 e. The first kappa shape index (κ1) is 14.6. The van der Waals surface area contributed by atoms with E-state index in [1.54, 1.807) is 0 Å². The van der Waals surface area contributed by atoms with Crippen molar-refractivity contribution in [2.45, 2.75) is 57.1 Å². The van der Waals surface area contributed by atoms with Crippen molar-refractivity contribution < 1.29 is 14.7 Å². The van der Waals surface area contributed by atoms with E-state index in [0.717, 1.165) is 32.1 Å². The molecule has 6 heteroatoms. The average Bonchev–Trinajstić information content (AvgIpc) is 2.33. The second-order valence-electron chi connectivity index (χ2n) is 7.55. The molecule has 0 aromatic heterocycles. The summed E-state index contributed by atoms with van der Waals surface area (Å²) in [5, 5.41) is 16.0. The van der Waals surface area contributed by atoms with Crippen LogP contribution in [0.15, 0.2) is 0 Å². The Labute approximate surface area is 124 Å². The zero-order valence-electron chi connectivity index (χ0n) is 12.5. The van der Waals surface area contributed by atoms with Gasteiger partial charge >= 0.3 is 6.03 Å². The van der Waals surface area contributed by atoms with Gasteiger partial charge in [0, 0.05) is 6.04 Å². The maximum absolute atomic E-state index is 11.9. The first-order valence-electron chi connectivity index (χ1n) is 7.85. The van der Waals surface area contributed by atoms with Gasteiger partial charge < -0.3 is 21.5 Å². The molecule has 118 valence electrons. The quantitative estimate of drug-likeness (QED) is 0.606. The lowest BCUT2D eigenvalue weighted by atomic mass is 9.46. The number of urea groups is 1. The monoisotopic (exact) mass is 295 g/mol. The Morgan fingerprint density at radius 1 is 1.29 bits per heavy atom. The van der Waals surface area contributed by atoms with Gasteiger partial charge in [-0.1, -0.05) is 0 Å². The Bertz CT molecular complexity index is 451. The van der Waals surface area contributed by atoms with Crippen molar-refractivity contribution in [1.29, 1.82) is 0 Å². The van der Waals surface area contributed by atoms with E-state index < -0.39 is 11.6 Å². The molecule has 3 unspecified atom stereocenters. The topological polar surface area (TPSA) is 104 Å². The van der Waals surface area contributed by atoms with Gasteiger partial charge in [-0.3, -0.25) is 4.79 Å². The van der Waals surface area contributed by atoms with E-state index in [1.807, 2.05) is 6.92 Å². The first-order valence-corrected chi connectivity index (χ1v) is 7.85. The normalized spacial score (nSPS) is 41.6. The van der Waals surface area contributed by atoms with Crippen molar-refractivity contribution in [3.63, 3.8) is 0 Å². The van der Waals surface area contributed by atoms with Crippen LogP contribution < -0.4 is 16.4 Å². The number of nitrogens with one attached hydrogen (secondary N) is 2. The number of nitrogens with two attached hydrogens (primary N) is 1. The van der Waals surface area contributed by atoms with Crippen LogP contribution in [0, 0.1) is 17.3 Å². The lowest BCUT2D eigenvalue weighted by molar-refractivity contribution is -0.173. The molecule has 0 radical (unpaired) electrons. The molecule has 0 aromatic carbocycles. The Morgan fingerprint density at radius 2 is 1.90 bits per heavy atom. The molecule has 0 aromatic rings. The average molecular weight is 295 g/mol. The van der Waals surface area contributed by atoms with Gasteiger partial charge in [0.15, 0.2) is 0 Å². The number of carbonyl (C=O) groups is 2. The Hall–Kier alpha value is -1.30. The zero-order valence-corrected chi connectivity index (χ0v) is 12.5. The van der Waals surface area contributed by atoms with E-state index in [0.29, 0.717) is 11.8 Å². The zero-order chi connectivity index (χ0) is 15.3. The van der Waals surface area contributed by atoms with E-state index >= 15 is 0 Å². The lowest BCUT2D eigenvalue weighted by Gasteiger charge is -2.62. The summed E-state index contributed by atoms with van der Waals surface area (Å²) < 4.78 is 0. The number of hydrogen-bond acceptors (Lipinski definition) is 3. The summed E-state index contributed by atoms with van der Waals surface area (Å²) in [5.74, 6) is 0.975. The molecule has 0 aliphatic heterocycles. The second-order valence-corrected chi connectivity index (χ2v) is 7.55. The van der Waals surface area contributed by atoms with Crippen LogP contribution in [-0.4, -0.2) is 35.2 Å². The fourth-order valence-corrected chi connectivity index (χ4v) is 5.40. The van der Waals surface area contributed by atoms with Gasteiger partial charge in [0.1, 0.15) is 0 Å². The molecule has 5 N–H and O–H groups in total. The molecule has 0 spiro atoms. The van der Waals surface area contributed by atoms with Crippen molar-refractivity contribution in [3.8, 4) is 0 Å². The summed E-state index contributed by atoms with van der Waals surface area (Å²) in [6.45, 7) is 1.94. The third-order valence-corrected chi connectivity index (χ3v) is 5.79. The number of hydrogen-bond donors (Lipinski definition) is 4. The van der Waals surface area contributed by atoms with Gasteiger partial charge in [-0.15, -0.1) is 0 Å². The summed E-state index contributed by atoms with van der Waals surface area (Å²) in [6.07, 6.45) is 6.06. The highest BCUT2D eigenvalue weighted by atomic mass is 16.3. The second kappa shape index (κ2) is 4.87. The van der Waals surface area contributed by atoms with Crippen LogP contribution in [0.1, 0.15) is 45.4 Å². The molecule has 4 saturated carbocycles. The van der Waals surface area contributed by atoms with Crippen LogP contribution in [-0.2, 0) is 4.79 Å². The van der Waals surface area contributed by atoms with E-state index in [9.17, 15) is 14.7 Å². The first-order chi connectivity index (χ1) is 9.80. The van der Waals surface area contributed by atoms with Crippen molar-refractivity contribution in [1.82, 2.24) is 10.6 Å². The van der Waals surface area contributed by atoms with Crippen LogP contribution in [0.25, 0.3) is 0 Å². The van der Waals surface area contributed by atoms with Gasteiger partial charge in [0.2, 0.25) is 5.91 Å². The summed E-state index contributed by atoms with van der Waals surface area (Å²) in [5.41, 5.74) is 4.47. The van der Waals surface area contributed by atoms with Crippen LogP contribution in [0.4, 0.5) is 4.79 Å². The number of carbonyl (C=O) groups excluding carboxylic acids is 2. The third-order valence-electron chi connectivity index (χ3n) is 5.79. The Morgan fingerprint density at radius 3 is 2.43 bits per heavy atom. The van der Waals surface area contributed by atoms with Gasteiger partial charge in [0.05, 0.1) is 12.1 Å². The lowest BCUT2D eigenvalue weighted by Crippen LogP contribution is -2.62. The van der Waals surface area contributed by atoms with Gasteiger partial charge in [-0.05, 0) is 62.7 Å². The van der Waals surface area contributed by atoms with Gasteiger partial charge in [0.25, 0.3) is 0 Å². The maximum Gasteiger partial charge on any atom is 0.312 e. The fraction of sp³-hybridized carbons (Fsp3) is 0.867. The molecule has 0 saturated heterocycles. The van der Waals surface area contributed by atoms with Crippen molar-refractivity contribution in [3.05, 3.63) is 0 Å². The van der Waals surface area contributed by atoms with Crippen molar-refractivity contribution in [2.24, 2.45) is 23.0 Å². The van der Waals surface area contributed by atoms with E-state index in [-0.39, 0.29) is 23.9 Å². The standard InChI is InChI=1S/C15H25N3O3/c1-9(18-12(19)7-17-13(16)20)14-3-10-2-11(4-14)6-15(21,5-10)8-14/h9-11,21H,2-8H2,1H3,(H,18,19)(H3,16,17,20). The maximum atomic E-state index is 11.9. The number of primary amides is 1. The number of aliphatic hydroxyl groups is 1. The molecular weight excluding hydrogens is 270 g/mol. The van der Waals surface area contributed by atoms with Crippen molar-refractivity contribution in [2.75, 3.05) is 6.54 Å². The summed E-state index contributed by atoms with van der Waals surface area (Å²) in [7, 11) is 0. The van der Waals surface area contributed by atoms with Crippen LogP contribution in [0.2, 0.25) is 0 Å². The number of rotatable bonds is 4. The molecule has 3 amide bonds. The van der Waals surface area contributed by atoms with Gasteiger partial charge in [-0.25, -0.2) is 4.79 Å². The van der Waals surface area contributed by atoms with Crippen LogP contribution in [0.5, 0.6) is 0 Å². The summed E-state index contributed by atoms with van der Waals surface area (Å²) in [6, 6.07) is -0.681. The molecule has 6 nitrogen and oxygen atoms in total. The highest BCUT2D eigenvalue weighted by molar-refractivity contribution is 5.83. The summed E-state index contributed by atoms with van der Waals surface area (Å²) >= 11 is 0. The molecule has 4 fully saturated rings. The molecule has 0 heterocycles. The predicted octanol–water partition coefficient (Wildman–Crippen LogP) is 0.491. The molecule has 4 rings (SSSR count). The van der Waals surface area contributed by atoms with Crippen LogP contribution >= 0.6 is 0 Å². The van der Waals surface area contributed by atoms with Crippen molar-refractivity contribution >= 4 is 11.9 Å². The van der Waals surface area contributed by atoms with E-state index in [2.05, 4.69) is 10.6 Å². The Balaban J connectivity index is 1.65. The summed E-state index contributed by atoms with van der Waals surface area (Å²) in [4.78, 5) is 22.5. The largest absolute Gasteiger partial charge is 0.390 e. The predicted molar refractivity (Wildman–Crippen MR) is 77.3 cm³/mol. The molecular formula is C15H25N3O3. The minimum Gasteiger partial charge on any atom is -0.390 e. The Kier molecular flexibility index (Phi) is 3.39. The molecule has 3 atom stereocenters. The fourth-order valence-electron chi connectivity index (χ4n) is 5.40. The molecule has 4 aliphatic carbocycles. The third kappa shape index (κ3) is 2.73.